The second kappa shape index (κ2) is 4.44. The third-order valence-electron chi connectivity index (χ3n) is 3.38. The SMILES string of the molecule is N#CC1(C(=O)N2CCSCC2)CCCC1. The zero-order valence-electron chi connectivity index (χ0n) is 8.87. The van der Waals surface area contributed by atoms with Crippen LogP contribution in [0.3, 0.4) is 0 Å². The second-order valence-electron chi connectivity index (χ2n) is 4.31. The zero-order chi connectivity index (χ0) is 10.7. The fourth-order valence-corrected chi connectivity index (χ4v) is 3.32. The van der Waals surface area contributed by atoms with Crippen molar-refractivity contribution >= 4 is 17.7 Å². The second-order valence-corrected chi connectivity index (χ2v) is 5.53. The van der Waals surface area contributed by atoms with Gasteiger partial charge in [-0.1, -0.05) is 12.8 Å². The van der Waals surface area contributed by atoms with Gasteiger partial charge in [0.25, 0.3) is 0 Å². The van der Waals surface area contributed by atoms with Crippen molar-refractivity contribution in [2.45, 2.75) is 25.7 Å². The quantitative estimate of drug-likeness (QED) is 0.680. The summed E-state index contributed by atoms with van der Waals surface area (Å²) in [4.78, 5) is 14.1. The van der Waals surface area contributed by atoms with Gasteiger partial charge in [0.1, 0.15) is 5.41 Å². The summed E-state index contributed by atoms with van der Waals surface area (Å²) in [6.45, 7) is 1.65. The topological polar surface area (TPSA) is 44.1 Å². The maximum Gasteiger partial charge on any atom is 0.243 e. The van der Waals surface area contributed by atoms with E-state index in [0.29, 0.717) is 0 Å². The molecule has 2 rings (SSSR count). The van der Waals surface area contributed by atoms with Gasteiger partial charge in [-0.3, -0.25) is 4.79 Å². The molecule has 1 saturated carbocycles. The number of carbonyl (C=O) groups is 1. The fraction of sp³-hybridized carbons (Fsp3) is 0.818. The van der Waals surface area contributed by atoms with Crippen molar-refractivity contribution in [1.82, 2.24) is 4.90 Å². The summed E-state index contributed by atoms with van der Waals surface area (Å²) < 4.78 is 0. The van der Waals surface area contributed by atoms with Gasteiger partial charge in [-0.05, 0) is 12.8 Å². The van der Waals surface area contributed by atoms with E-state index in [1.54, 1.807) is 0 Å². The van der Waals surface area contributed by atoms with Crippen LogP contribution in [-0.4, -0.2) is 35.4 Å². The van der Waals surface area contributed by atoms with Crippen molar-refractivity contribution in [3.8, 4) is 6.07 Å². The van der Waals surface area contributed by atoms with Gasteiger partial charge in [0.2, 0.25) is 5.91 Å². The Labute approximate surface area is 94.8 Å². The summed E-state index contributed by atoms with van der Waals surface area (Å²) in [6, 6.07) is 2.28. The van der Waals surface area contributed by atoms with E-state index in [-0.39, 0.29) is 5.91 Å². The molecule has 0 bridgehead atoms. The standard InChI is InChI=1S/C11H16N2OS/c12-9-11(3-1-2-4-11)10(14)13-5-7-15-8-6-13/h1-8H2. The minimum absolute atomic E-state index is 0.0998. The molecule has 0 atom stereocenters. The number of thioether (sulfide) groups is 1. The number of rotatable bonds is 1. The largest absolute Gasteiger partial charge is 0.340 e. The van der Waals surface area contributed by atoms with E-state index in [0.717, 1.165) is 50.3 Å². The summed E-state index contributed by atoms with van der Waals surface area (Å²) in [5.41, 5.74) is -0.665. The average molecular weight is 224 g/mol. The molecule has 0 spiro atoms. The molecule has 0 aromatic carbocycles. The van der Waals surface area contributed by atoms with Gasteiger partial charge in [0, 0.05) is 24.6 Å². The summed E-state index contributed by atoms with van der Waals surface area (Å²) in [5.74, 6) is 2.14. The van der Waals surface area contributed by atoms with Crippen LogP contribution in [0.2, 0.25) is 0 Å². The predicted molar refractivity (Wildman–Crippen MR) is 60.4 cm³/mol. The Balaban J connectivity index is 2.08. The molecule has 2 aliphatic rings. The van der Waals surface area contributed by atoms with E-state index in [1.807, 2.05) is 16.7 Å². The summed E-state index contributed by atoms with van der Waals surface area (Å²) in [5, 5.41) is 9.21. The Morgan fingerprint density at radius 3 is 2.40 bits per heavy atom. The van der Waals surface area contributed by atoms with E-state index < -0.39 is 5.41 Å². The molecule has 1 heterocycles. The lowest BCUT2D eigenvalue weighted by Crippen LogP contribution is -2.45. The van der Waals surface area contributed by atoms with Crippen molar-refractivity contribution in [2.75, 3.05) is 24.6 Å². The zero-order valence-corrected chi connectivity index (χ0v) is 9.68. The summed E-state index contributed by atoms with van der Waals surface area (Å²) in [7, 11) is 0. The number of nitrogens with zero attached hydrogens (tertiary/aromatic N) is 2. The van der Waals surface area contributed by atoms with Crippen molar-refractivity contribution in [3.05, 3.63) is 0 Å². The van der Waals surface area contributed by atoms with Crippen LogP contribution in [-0.2, 0) is 4.79 Å². The predicted octanol–water partition coefficient (Wildman–Crippen LogP) is 1.65. The van der Waals surface area contributed by atoms with E-state index >= 15 is 0 Å². The van der Waals surface area contributed by atoms with Gasteiger partial charge in [-0.15, -0.1) is 0 Å². The van der Waals surface area contributed by atoms with Gasteiger partial charge < -0.3 is 4.90 Å². The Bertz CT molecular complexity index is 285. The summed E-state index contributed by atoms with van der Waals surface area (Å²) in [6.07, 6.45) is 3.60. The first-order chi connectivity index (χ1) is 7.28. The van der Waals surface area contributed by atoms with E-state index in [1.165, 1.54) is 0 Å². The van der Waals surface area contributed by atoms with Crippen LogP contribution < -0.4 is 0 Å². The molecule has 1 amide bonds. The number of amides is 1. The molecule has 82 valence electrons. The minimum atomic E-state index is -0.665. The highest BCUT2D eigenvalue weighted by atomic mass is 32.2. The first-order valence-electron chi connectivity index (χ1n) is 5.57. The Hall–Kier alpha value is -0.690. The van der Waals surface area contributed by atoms with Gasteiger partial charge in [0.05, 0.1) is 6.07 Å². The Kier molecular flexibility index (Phi) is 3.20. The monoisotopic (exact) mass is 224 g/mol. The molecule has 0 aromatic heterocycles. The molecule has 4 heteroatoms. The van der Waals surface area contributed by atoms with Crippen LogP contribution in [0.1, 0.15) is 25.7 Å². The molecular formula is C11H16N2OS. The molecule has 2 fully saturated rings. The van der Waals surface area contributed by atoms with E-state index in [9.17, 15) is 10.1 Å². The molecule has 15 heavy (non-hydrogen) atoms. The van der Waals surface area contributed by atoms with Crippen LogP contribution in [0.15, 0.2) is 0 Å². The normalized spacial score (nSPS) is 24.9. The highest BCUT2D eigenvalue weighted by Gasteiger charge is 2.44. The molecule has 1 saturated heterocycles. The fourth-order valence-electron chi connectivity index (χ4n) is 2.42. The lowest BCUT2D eigenvalue weighted by atomic mass is 9.86. The summed E-state index contributed by atoms with van der Waals surface area (Å²) >= 11 is 1.89. The van der Waals surface area contributed by atoms with Gasteiger partial charge >= 0.3 is 0 Å². The molecule has 0 N–H and O–H groups in total. The molecule has 3 nitrogen and oxygen atoms in total. The van der Waals surface area contributed by atoms with Crippen LogP contribution in [0.4, 0.5) is 0 Å². The van der Waals surface area contributed by atoms with Crippen molar-refractivity contribution < 1.29 is 4.79 Å². The molecule has 0 unspecified atom stereocenters. The molecular weight excluding hydrogens is 208 g/mol. The number of hydrogen-bond acceptors (Lipinski definition) is 3. The lowest BCUT2D eigenvalue weighted by molar-refractivity contribution is -0.138. The highest BCUT2D eigenvalue weighted by molar-refractivity contribution is 7.99. The van der Waals surface area contributed by atoms with Gasteiger partial charge in [-0.2, -0.15) is 17.0 Å². The van der Waals surface area contributed by atoms with Gasteiger partial charge in [0.15, 0.2) is 0 Å². The maximum absolute atomic E-state index is 12.2. The first kappa shape index (κ1) is 10.8. The van der Waals surface area contributed by atoms with Crippen LogP contribution in [0.5, 0.6) is 0 Å². The Morgan fingerprint density at radius 2 is 1.87 bits per heavy atom. The maximum atomic E-state index is 12.2. The molecule has 0 aromatic rings. The van der Waals surface area contributed by atoms with Crippen LogP contribution >= 0.6 is 11.8 Å². The van der Waals surface area contributed by atoms with E-state index in [2.05, 4.69) is 6.07 Å². The molecule has 1 aliphatic carbocycles. The van der Waals surface area contributed by atoms with Crippen molar-refractivity contribution in [2.24, 2.45) is 5.41 Å². The smallest absolute Gasteiger partial charge is 0.243 e. The Morgan fingerprint density at radius 1 is 1.27 bits per heavy atom. The van der Waals surface area contributed by atoms with Gasteiger partial charge in [-0.25, -0.2) is 0 Å². The third kappa shape index (κ3) is 1.98. The van der Waals surface area contributed by atoms with Crippen LogP contribution in [0, 0.1) is 16.7 Å². The number of nitriles is 1. The average Bonchev–Trinajstić information content (AvgIpc) is 2.79. The minimum Gasteiger partial charge on any atom is -0.340 e. The number of hydrogen-bond donors (Lipinski definition) is 0. The number of carbonyl (C=O) groups excluding carboxylic acids is 1. The highest BCUT2D eigenvalue weighted by Crippen LogP contribution is 2.39. The van der Waals surface area contributed by atoms with Crippen molar-refractivity contribution in [3.63, 3.8) is 0 Å². The van der Waals surface area contributed by atoms with Crippen molar-refractivity contribution in [1.29, 1.82) is 5.26 Å². The molecule has 0 radical (unpaired) electrons. The van der Waals surface area contributed by atoms with Crippen LogP contribution in [0.25, 0.3) is 0 Å². The first-order valence-corrected chi connectivity index (χ1v) is 6.72. The molecule has 1 aliphatic heterocycles. The van der Waals surface area contributed by atoms with E-state index in [4.69, 9.17) is 0 Å². The lowest BCUT2D eigenvalue weighted by Gasteiger charge is -2.32. The third-order valence-corrected chi connectivity index (χ3v) is 4.32.